The highest BCUT2D eigenvalue weighted by Gasteiger charge is 2.22. The van der Waals surface area contributed by atoms with Gasteiger partial charge in [-0.1, -0.05) is 25.5 Å². The number of aliphatic hydroxyl groups is 1. The second kappa shape index (κ2) is 11.6. The fraction of sp³-hybridized carbons (Fsp3) is 0.440. The first-order chi connectivity index (χ1) is 16.6. The van der Waals surface area contributed by atoms with Crippen molar-refractivity contribution >= 4 is 17.7 Å². The highest BCUT2D eigenvalue weighted by molar-refractivity contribution is 5.98. The summed E-state index contributed by atoms with van der Waals surface area (Å²) in [7, 11) is 0. The van der Waals surface area contributed by atoms with Gasteiger partial charge in [-0.2, -0.15) is 4.98 Å². The molecule has 0 atom stereocenters. The number of rotatable bonds is 10. The summed E-state index contributed by atoms with van der Waals surface area (Å²) >= 11 is 0. The van der Waals surface area contributed by atoms with Crippen molar-refractivity contribution in [3.05, 3.63) is 60.3 Å². The summed E-state index contributed by atoms with van der Waals surface area (Å²) in [6, 6.07) is 8.13. The Kier molecular flexibility index (Phi) is 8.08. The Balaban J connectivity index is 1.43. The second-order valence-corrected chi connectivity index (χ2v) is 8.71. The molecule has 0 radical (unpaired) electrons. The van der Waals surface area contributed by atoms with E-state index in [9.17, 15) is 9.90 Å². The number of aliphatic hydroxyl groups excluding tert-OH is 1. The predicted molar refractivity (Wildman–Crippen MR) is 132 cm³/mol. The van der Waals surface area contributed by atoms with E-state index >= 15 is 0 Å². The highest BCUT2D eigenvalue weighted by Crippen LogP contribution is 2.24. The van der Waals surface area contributed by atoms with Gasteiger partial charge in [0.2, 0.25) is 5.95 Å². The first kappa shape index (κ1) is 23.7. The highest BCUT2D eigenvalue weighted by atomic mass is 16.3. The number of carbonyl (C=O) groups is 1. The van der Waals surface area contributed by atoms with Crippen molar-refractivity contribution in [2.45, 2.75) is 64.1 Å². The van der Waals surface area contributed by atoms with E-state index in [1.54, 1.807) is 18.7 Å². The fourth-order valence-electron chi connectivity index (χ4n) is 4.01. The number of anilines is 2. The molecule has 9 nitrogen and oxygen atoms in total. The molecule has 1 fully saturated rings. The van der Waals surface area contributed by atoms with E-state index in [2.05, 4.69) is 37.8 Å². The summed E-state index contributed by atoms with van der Waals surface area (Å²) in [6.45, 7) is 3.31. The molecule has 1 aliphatic rings. The molecule has 2 heterocycles. The first-order valence-electron chi connectivity index (χ1n) is 12.0. The van der Waals surface area contributed by atoms with Crippen molar-refractivity contribution < 1.29 is 9.90 Å². The van der Waals surface area contributed by atoms with Crippen molar-refractivity contribution in [1.29, 1.82) is 0 Å². The van der Waals surface area contributed by atoms with Crippen LogP contribution in [-0.2, 0) is 6.54 Å². The lowest BCUT2D eigenvalue weighted by Gasteiger charge is -2.27. The van der Waals surface area contributed by atoms with E-state index in [4.69, 9.17) is 0 Å². The third-order valence-electron chi connectivity index (χ3n) is 6.08. The minimum atomic E-state index is -0.238. The Morgan fingerprint density at radius 1 is 1.18 bits per heavy atom. The van der Waals surface area contributed by atoms with Crippen molar-refractivity contribution in [3.8, 4) is 5.69 Å². The maximum absolute atomic E-state index is 13.1. The smallest absolute Gasteiger partial charge is 0.256 e. The molecule has 34 heavy (non-hydrogen) atoms. The van der Waals surface area contributed by atoms with Crippen LogP contribution in [0.4, 0.5) is 11.8 Å². The zero-order valence-electron chi connectivity index (χ0n) is 19.6. The van der Waals surface area contributed by atoms with E-state index in [1.165, 1.54) is 0 Å². The molecular weight excluding hydrogens is 430 g/mol. The van der Waals surface area contributed by atoms with E-state index in [0.717, 1.165) is 56.3 Å². The maximum atomic E-state index is 13.1. The lowest BCUT2D eigenvalue weighted by atomic mass is 9.93. The molecule has 0 aliphatic heterocycles. The Labute approximate surface area is 200 Å². The average molecular weight is 464 g/mol. The van der Waals surface area contributed by atoms with Crippen LogP contribution in [0.5, 0.6) is 0 Å². The summed E-state index contributed by atoms with van der Waals surface area (Å²) < 4.78 is 1.93. The van der Waals surface area contributed by atoms with Gasteiger partial charge in [-0.25, -0.2) is 9.97 Å². The molecule has 180 valence electrons. The Morgan fingerprint density at radius 2 is 1.97 bits per heavy atom. The SMILES string of the molecule is CCCCNc1ncc(C(=O)NCc2ccc(-n3ccnc3)cc2)c(NC2CCC(O)CC2)n1. The molecule has 0 bridgehead atoms. The van der Waals surface area contributed by atoms with Gasteiger partial charge in [0, 0.05) is 43.4 Å². The van der Waals surface area contributed by atoms with Gasteiger partial charge in [0.15, 0.2) is 0 Å². The van der Waals surface area contributed by atoms with Crippen LogP contribution in [-0.4, -0.2) is 49.2 Å². The fourth-order valence-corrected chi connectivity index (χ4v) is 4.01. The standard InChI is InChI=1S/C25H33N7O2/c1-2-3-12-27-25-29-16-22(23(31-25)30-19-6-10-21(33)11-7-19)24(34)28-15-18-4-8-20(9-5-18)32-14-13-26-17-32/h4-5,8-9,13-14,16-17,19,21,33H,2-3,6-7,10-12,15H2,1H3,(H,28,34)(H2,27,29,30,31). The normalized spacial score (nSPS) is 17.8. The van der Waals surface area contributed by atoms with Crippen molar-refractivity contribution in [3.63, 3.8) is 0 Å². The monoisotopic (exact) mass is 463 g/mol. The van der Waals surface area contributed by atoms with Crippen LogP contribution < -0.4 is 16.0 Å². The molecule has 2 aromatic heterocycles. The number of imidazole rings is 1. The van der Waals surface area contributed by atoms with Crippen LogP contribution in [0.3, 0.4) is 0 Å². The zero-order valence-corrected chi connectivity index (χ0v) is 19.6. The lowest BCUT2D eigenvalue weighted by molar-refractivity contribution is 0.0950. The van der Waals surface area contributed by atoms with Gasteiger partial charge in [0.1, 0.15) is 11.4 Å². The van der Waals surface area contributed by atoms with E-state index < -0.39 is 0 Å². The van der Waals surface area contributed by atoms with Crippen LogP contribution in [0, 0.1) is 0 Å². The molecule has 1 saturated carbocycles. The predicted octanol–water partition coefficient (Wildman–Crippen LogP) is 3.52. The number of unbranched alkanes of at least 4 members (excludes halogenated alkanes) is 1. The van der Waals surface area contributed by atoms with Crippen LogP contribution in [0.2, 0.25) is 0 Å². The number of hydrogen-bond donors (Lipinski definition) is 4. The van der Waals surface area contributed by atoms with Gasteiger partial charge < -0.3 is 25.6 Å². The molecule has 9 heteroatoms. The molecule has 0 unspecified atom stereocenters. The molecule has 4 N–H and O–H groups in total. The minimum absolute atomic E-state index is 0.170. The topological polar surface area (TPSA) is 117 Å². The third-order valence-corrected chi connectivity index (χ3v) is 6.08. The molecule has 0 saturated heterocycles. The van der Waals surface area contributed by atoms with Gasteiger partial charge in [0.05, 0.1) is 12.4 Å². The lowest BCUT2D eigenvalue weighted by Crippen LogP contribution is -2.31. The van der Waals surface area contributed by atoms with Crippen LogP contribution >= 0.6 is 0 Å². The van der Waals surface area contributed by atoms with Crippen LogP contribution in [0.15, 0.2) is 49.2 Å². The van der Waals surface area contributed by atoms with Crippen molar-refractivity contribution in [1.82, 2.24) is 24.8 Å². The average Bonchev–Trinajstić information content (AvgIpc) is 3.40. The minimum Gasteiger partial charge on any atom is -0.393 e. The van der Waals surface area contributed by atoms with Gasteiger partial charge in [-0.05, 0) is 49.8 Å². The summed E-state index contributed by atoms with van der Waals surface area (Å²) in [5.41, 5.74) is 2.42. The third kappa shape index (κ3) is 6.32. The number of hydrogen-bond acceptors (Lipinski definition) is 7. The number of carbonyl (C=O) groups excluding carboxylic acids is 1. The molecule has 1 aromatic carbocycles. The van der Waals surface area contributed by atoms with Gasteiger partial charge in [0.25, 0.3) is 5.91 Å². The largest absolute Gasteiger partial charge is 0.393 e. The Bertz CT molecular complexity index is 1050. The second-order valence-electron chi connectivity index (χ2n) is 8.71. The molecule has 0 spiro atoms. The number of nitrogens with one attached hydrogen (secondary N) is 3. The maximum Gasteiger partial charge on any atom is 0.256 e. The first-order valence-corrected chi connectivity index (χ1v) is 12.0. The number of aromatic nitrogens is 4. The van der Waals surface area contributed by atoms with Gasteiger partial charge >= 0.3 is 0 Å². The van der Waals surface area contributed by atoms with Crippen LogP contribution in [0.25, 0.3) is 5.69 Å². The van der Waals surface area contributed by atoms with E-state index in [0.29, 0.717) is 23.9 Å². The van der Waals surface area contributed by atoms with Gasteiger partial charge in [-0.15, -0.1) is 0 Å². The number of benzene rings is 1. The molecule has 1 amide bonds. The van der Waals surface area contributed by atoms with Crippen molar-refractivity contribution in [2.24, 2.45) is 0 Å². The zero-order chi connectivity index (χ0) is 23.8. The number of amides is 1. The molecule has 4 rings (SSSR count). The van der Waals surface area contributed by atoms with Gasteiger partial charge in [-0.3, -0.25) is 4.79 Å². The number of nitrogens with zero attached hydrogens (tertiary/aromatic N) is 4. The quantitative estimate of drug-likeness (QED) is 0.340. The molecule has 3 aromatic rings. The summed E-state index contributed by atoms with van der Waals surface area (Å²) in [5, 5.41) is 19.5. The summed E-state index contributed by atoms with van der Waals surface area (Å²) in [4.78, 5) is 26.1. The van der Waals surface area contributed by atoms with Crippen LogP contribution in [0.1, 0.15) is 61.4 Å². The van der Waals surface area contributed by atoms with E-state index in [1.807, 2.05) is 35.0 Å². The Hall–Kier alpha value is -3.46. The van der Waals surface area contributed by atoms with E-state index in [-0.39, 0.29) is 18.1 Å². The Morgan fingerprint density at radius 3 is 2.68 bits per heavy atom. The summed E-state index contributed by atoms with van der Waals surface area (Å²) in [6.07, 6.45) is 12.0. The molecular formula is C25H33N7O2. The van der Waals surface area contributed by atoms with Crippen molar-refractivity contribution in [2.75, 3.05) is 17.2 Å². The molecule has 1 aliphatic carbocycles. The summed E-state index contributed by atoms with van der Waals surface area (Å²) in [5.74, 6) is 0.818.